The molecule has 4 heteroatoms. The quantitative estimate of drug-likeness (QED) is 0.587. The summed E-state index contributed by atoms with van der Waals surface area (Å²) in [6.07, 6.45) is 3.81. The number of rotatable bonds is 11. The second kappa shape index (κ2) is 11.2. The van der Waals surface area contributed by atoms with Crippen LogP contribution in [0.1, 0.15) is 45.6 Å². The third-order valence-corrected chi connectivity index (χ3v) is 3.81. The summed E-state index contributed by atoms with van der Waals surface area (Å²) in [7, 11) is 0. The van der Waals surface area contributed by atoms with Gasteiger partial charge < -0.3 is 16.4 Å². The molecular formula is C19H33N3O. The first-order valence-corrected chi connectivity index (χ1v) is 8.83. The van der Waals surface area contributed by atoms with E-state index in [0.29, 0.717) is 12.5 Å². The van der Waals surface area contributed by atoms with E-state index in [1.54, 1.807) is 0 Å². The Kier molecular flexibility index (Phi) is 9.57. The molecule has 23 heavy (non-hydrogen) atoms. The highest BCUT2D eigenvalue weighted by atomic mass is 16.2. The fraction of sp³-hybridized carbons (Fsp3) is 0.632. The maximum absolute atomic E-state index is 12.3. The lowest BCUT2D eigenvalue weighted by atomic mass is 10.0. The Labute approximate surface area is 141 Å². The molecule has 0 fully saturated rings. The summed E-state index contributed by atoms with van der Waals surface area (Å²) in [4.78, 5) is 12.3. The van der Waals surface area contributed by atoms with Gasteiger partial charge in [0.15, 0.2) is 0 Å². The summed E-state index contributed by atoms with van der Waals surface area (Å²) >= 11 is 0. The molecule has 1 unspecified atom stereocenters. The highest BCUT2D eigenvalue weighted by Gasteiger charge is 2.18. The lowest BCUT2D eigenvalue weighted by Gasteiger charge is -2.21. The molecule has 0 bridgehead atoms. The molecule has 1 aromatic carbocycles. The van der Waals surface area contributed by atoms with Crippen molar-refractivity contribution >= 4 is 5.91 Å². The molecule has 0 saturated carbocycles. The van der Waals surface area contributed by atoms with Crippen LogP contribution in [0.2, 0.25) is 0 Å². The number of unbranched alkanes of at least 4 members (excludes halogenated alkanes) is 1. The van der Waals surface area contributed by atoms with Gasteiger partial charge in [-0.2, -0.15) is 0 Å². The third-order valence-electron chi connectivity index (χ3n) is 3.81. The monoisotopic (exact) mass is 319 g/mol. The van der Waals surface area contributed by atoms with E-state index in [4.69, 9.17) is 5.73 Å². The van der Waals surface area contributed by atoms with Gasteiger partial charge in [0, 0.05) is 19.1 Å². The number of nitrogens with one attached hydrogen (secondary N) is 2. The maximum Gasteiger partial charge on any atom is 0.237 e. The molecule has 0 radical (unpaired) electrons. The lowest BCUT2D eigenvalue weighted by Crippen LogP contribution is -2.49. The van der Waals surface area contributed by atoms with Crippen LogP contribution in [-0.2, 0) is 11.2 Å². The van der Waals surface area contributed by atoms with E-state index >= 15 is 0 Å². The minimum atomic E-state index is -0.143. The Hall–Kier alpha value is -1.39. The van der Waals surface area contributed by atoms with Gasteiger partial charge in [-0.3, -0.25) is 4.79 Å². The number of carbonyl (C=O) groups excluding carboxylic acids is 1. The fourth-order valence-electron chi connectivity index (χ4n) is 2.44. The Morgan fingerprint density at radius 3 is 2.48 bits per heavy atom. The molecule has 0 aliphatic rings. The normalized spacial score (nSPS) is 13.8. The molecule has 0 spiro atoms. The van der Waals surface area contributed by atoms with Crippen LogP contribution >= 0.6 is 0 Å². The van der Waals surface area contributed by atoms with E-state index in [1.807, 2.05) is 18.2 Å². The standard InChI is InChI=1S/C19H33N3O/c1-4-5-11-18(19(23)22-13-15(2)3)21-14-17(20)12-16-9-7-6-8-10-16/h6-10,15,17-18,21H,4-5,11-14,20H2,1-3H3,(H,22,23)/t17-,18?/m0/s1. The van der Waals surface area contributed by atoms with Crippen molar-refractivity contribution in [3.05, 3.63) is 35.9 Å². The van der Waals surface area contributed by atoms with E-state index in [1.165, 1.54) is 5.56 Å². The number of hydrogen-bond donors (Lipinski definition) is 3. The number of carbonyl (C=O) groups is 1. The molecular weight excluding hydrogens is 286 g/mol. The van der Waals surface area contributed by atoms with Crippen LogP contribution in [0.5, 0.6) is 0 Å². The van der Waals surface area contributed by atoms with Crippen LogP contribution in [0, 0.1) is 5.92 Å². The smallest absolute Gasteiger partial charge is 0.237 e. The van der Waals surface area contributed by atoms with E-state index in [2.05, 4.69) is 43.5 Å². The summed E-state index contributed by atoms with van der Waals surface area (Å²) in [6.45, 7) is 7.72. The van der Waals surface area contributed by atoms with Gasteiger partial charge in [0.25, 0.3) is 0 Å². The number of nitrogens with two attached hydrogens (primary N) is 1. The van der Waals surface area contributed by atoms with Gasteiger partial charge in [-0.1, -0.05) is 63.9 Å². The van der Waals surface area contributed by atoms with Crippen molar-refractivity contribution in [2.24, 2.45) is 11.7 Å². The largest absolute Gasteiger partial charge is 0.354 e. The van der Waals surface area contributed by atoms with Crippen molar-refractivity contribution in [1.82, 2.24) is 10.6 Å². The minimum absolute atomic E-state index is 0.0134. The van der Waals surface area contributed by atoms with Gasteiger partial charge >= 0.3 is 0 Å². The van der Waals surface area contributed by atoms with Crippen LogP contribution in [0.25, 0.3) is 0 Å². The van der Waals surface area contributed by atoms with E-state index < -0.39 is 0 Å². The van der Waals surface area contributed by atoms with Crippen LogP contribution < -0.4 is 16.4 Å². The van der Waals surface area contributed by atoms with E-state index in [-0.39, 0.29) is 18.0 Å². The average molecular weight is 319 g/mol. The van der Waals surface area contributed by atoms with Crippen molar-refractivity contribution in [3.8, 4) is 0 Å². The number of hydrogen-bond acceptors (Lipinski definition) is 3. The predicted molar refractivity (Wildman–Crippen MR) is 97.3 cm³/mol. The molecule has 0 aliphatic carbocycles. The predicted octanol–water partition coefficient (Wildman–Crippen LogP) is 2.48. The zero-order chi connectivity index (χ0) is 17.1. The van der Waals surface area contributed by atoms with Gasteiger partial charge in [-0.25, -0.2) is 0 Å². The first kappa shape index (κ1) is 19.7. The van der Waals surface area contributed by atoms with Gasteiger partial charge in [0.2, 0.25) is 5.91 Å². The topological polar surface area (TPSA) is 67.1 Å². The summed E-state index contributed by atoms with van der Waals surface area (Å²) in [5, 5.41) is 6.38. The van der Waals surface area contributed by atoms with Crippen molar-refractivity contribution in [3.63, 3.8) is 0 Å². The number of amides is 1. The zero-order valence-electron chi connectivity index (χ0n) is 14.8. The molecule has 1 amide bonds. The van der Waals surface area contributed by atoms with Gasteiger partial charge in [-0.15, -0.1) is 0 Å². The average Bonchev–Trinajstić information content (AvgIpc) is 2.53. The Morgan fingerprint density at radius 2 is 1.87 bits per heavy atom. The lowest BCUT2D eigenvalue weighted by molar-refractivity contribution is -0.123. The first-order chi connectivity index (χ1) is 11.0. The van der Waals surface area contributed by atoms with Crippen molar-refractivity contribution in [1.29, 1.82) is 0 Å². The SMILES string of the molecule is CCCCC(NC[C@@H](N)Cc1ccccc1)C(=O)NCC(C)C. The molecule has 1 rings (SSSR count). The molecule has 2 atom stereocenters. The molecule has 0 saturated heterocycles. The van der Waals surface area contributed by atoms with Crippen molar-refractivity contribution < 1.29 is 4.79 Å². The minimum Gasteiger partial charge on any atom is -0.354 e. The molecule has 4 nitrogen and oxygen atoms in total. The molecule has 0 heterocycles. The van der Waals surface area contributed by atoms with Gasteiger partial charge in [0.1, 0.15) is 0 Å². The summed E-state index contributed by atoms with van der Waals surface area (Å²) < 4.78 is 0. The van der Waals surface area contributed by atoms with Crippen LogP contribution in [0.15, 0.2) is 30.3 Å². The Morgan fingerprint density at radius 1 is 1.17 bits per heavy atom. The van der Waals surface area contributed by atoms with Crippen molar-refractivity contribution in [2.75, 3.05) is 13.1 Å². The second-order valence-electron chi connectivity index (χ2n) is 6.69. The molecule has 0 aromatic heterocycles. The summed E-state index contributed by atoms with van der Waals surface area (Å²) in [6, 6.07) is 10.1. The van der Waals surface area contributed by atoms with Crippen molar-refractivity contribution in [2.45, 2.75) is 58.5 Å². The van der Waals surface area contributed by atoms with E-state index in [0.717, 1.165) is 32.2 Å². The molecule has 1 aromatic rings. The second-order valence-corrected chi connectivity index (χ2v) is 6.69. The Bertz CT molecular complexity index is 434. The first-order valence-electron chi connectivity index (χ1n) is 8.83. The Balaban J connectivity index is 2.44. The highest BCUT2D eigenvalue weighted by molar-refractivity contribution is 5.81. The maximum atomic E-state index is 12.3. The van der Waals surface area contributed by atoms with Gasteiger partial charge in [0.05, 0.1) is 6.04 Å². The molecule has 130 valence electrons. The molecule has 0 aliphatic heterocycles. The number of benzene rings is 1. The molecule has 4 N–H and O–H groups in total. The van der Waals surface area contributed by atoms with E-state index in [9.17, 15) is 4.79 Å². The fourth-order valence-corrected chi connectivity index (χ4v) is 2.44. The van der Waals surface area contributed by atoms with Gasteiger partial charge in [-0.05, 0) is 24.3 Å². The van der Waals surface area contributed by atoms with Crippen LogP contribution in [0.3, 0.4) is 0 Å². The third kappa shape index (κ3) is 8.72. The van der Waals surface area contributed by atoms with Crippen LogP contribution in [0.4, 0.5) is 0 Å². The summed E-state index contributed by atoms with van der Waals surface area (Å²) in [5.41, 5.74) is 7.44. The zero-order valence-corrected chi connectivity index (χ0v) is 14.8. The van der Waals surface area contributed by atoms with Crippen LogP contribution in [-0.4, -0.2) is 31.1 Å². The summed E-state index contributed by atoms with van der Waals surface area (Å²) in [5.74, 6) is 0.560. The highest BCUT2D eigenvalue weighted by Crippen LogP contribution is 2.04.